The quantitative estimate of drug-likeness (QED) is 0.442. The zero-order valence-corrected chi connectivity index (χ0v) is 10.9. The van der Waals surface area contributed by atoms with Gasteiger partial charge < -0.3 is 14.6 Å². The lowest BCUT2D eigenvalue weighted by molar-refractivity contribution is -0.00127. The fraction of sp³-hybridized carbons (Fsp3) is 0.750. The minimum atomic E-state index is -0.688. The van der Waals surface area contributed by atoms with Crippen LogP contribution in [0.1, 0.15) is 13.3 Å². The molecule has 0 radical (unpaired) electrons. The normalized spacial score (nSPS) is 14.1. The summed E-state index contributed by atoms with van der Waals surface area (Å²) in [6.45, 7) is 1.75. The molecule has 0 aromatic carbocycles. The van der Waals surface area contributed by atoms with Gasteiger partial charge in [0.1, 0.15) is 13.2 Å². The van der Waals surface area contributed by atoms with Crippen LogP contribution in [0, 0.1) is 5.41 Å². The molecule has 15 heavy (non-hydrogen) atoms. The van der Waals surface area contributed by atoms with E-state index in [0.29, 0.717) is 6.42 Å². The van der Waals surface area contributed by atoms with E-state index in [1.54, 1.807) is 0 Å². The van der Waals surface area contributed by atoms with Crippen molar-refractivity contribution in [1.82, 2.24) is 0 Å². The molecule has 86 valence electrons. The van der Waals surface area contributed by atoms with Gasteiger partial charge in [0.15, 0.2) is 0 Å². The van der Waals surface area contributed by atoms with Crippen LogP contribution in [0.5, 0.6) is 0 Å². The number of hydrogen-bond donors (Lipinski definition) is 1. The Labute approximate surface area is 103 Å². The molecule has 1 N–H and O–H groups in total. The molecule has 0 aliphatic heterocycles. The molecular weight excluding hydrogens is 314 g/mol. The van der Waals surface area contributed by atoms with E-state index in [0.717, 1.165) is 0 Å². The molecule has 0 aliphatic carbocycles. The van der Waals surface area contributed by atoms with Crippen LogP contribution < -0.4 is 0 Å². The van der Waals surface area contributed by atoms with E-state index in [9.17, 15) is 14.7 Å². The topological polar surface area (TPSA) is 72.8 Å². The predicted octanol–water partition coefficient (Wildman–Crippen LogP) is 0.716. The van der Waals surface area contributed by atoms with E-state index in [4.69, 9.17) is 9.47 Å². The number of halogens is 1. The first kappa shape index (κ1) is 14.7. The van der Waals surface area contributed by atoms with Gasteiger partial charge in [-0.25, -0.2) is 4.79 Å². The van der Waals surface area contributed by atoms with Gasteiger partial charge in [-0.2, -0.15) is 0 Å². The summed E-state index contributed by atoms with van der Waals surface area (Å²) in [5, 5.41) is 9.22. The molecule has 0 spiro atoms. The Morgan fingerprint density at radius 2 is 1.93 bits per heavy atom. The van der Waals surface area contributed by atoms with Crippen LogP contribution in [0.25, 0.3) is 0 Å². The van der Waals surface area contributed by atoms with E-state index in [2.05, 4.69) is 0 Å². The molecule has 0 saturated heterocycles. The summed E-state index contributed by atoms with van der Waals surface area (Å²) in [7, 11) is 1.29. The zero-order valence-electron chi connectivity index (χ0n) is 8.79. The highest BCUT2D eigenvalue weighted by Crippen LogP contribution is 2.23. The summed E-state index contributed by atoms with van der Waals surface area (Å²) < 4.78 is 9.20. The molecule has 5 nitrogen and oxygen atoms in total. The van der Waals surface area contributed by atoms with Crippen molar-refractivity contribution >= 4 is 40.3 Å². The fourth-order valence-electron chi connectivity index (χ4n) is 0.913. The average Bonchev–Trinajstić information content (AvgIpc) is 2.19. The van der Waals surface area contributed by atoms with Crippen molar-refractivity contribution in [1.29, 1.82) is 0 Å². The molecule has 0 fully saturated rings. The first-order valence-electron chi connectivity index (χ1n) is 4.52. The summed E-state index contributed by atoms with van der Waals surface area (Å²) in [6, 6.07) is 0. The third kappa shape index (κ3) is 5.98. The second-order valence-corrected chi connectivity index (χ2v) is 4.20. The van der Waals surface area contributed by atoms with E-state index in [1.165, 1.54) is 30.4 Å². The van der Waals surface area contributed by atoms with Gasteiger partial charge in [-0.3, -0.25) is 4.79 Å². The van der Waals surface area contributed by atoms with Crippen LogP contribution in [0.15, 0.2) is 0 Å². The van der Waals surface area contributed by atoms with Gasteiger partial charge >= 0.3 is 3.98 Å². The number of aliphatic hydroxyl groups is 1. The van der Waals surface area contributed by atoms with Gasteiger partial charge in [0.25, 0.3) is 0 Å². The van der Waals surface area contributed by atoms with Crippen molar-refractivity contribution in [2.45, 2.75) is 13.3 Å². The maximum atomic E-state index is 10.6. The molecule has 1 atom stereocenters. The third-order valence-corrected chi connectivity index (χ3v) is 2.47. The summed E-state index contributed by atoms with van der Waals surface area (Å²) in [5.74, 6) is -0.415. The minimum absolute atomic E-state index is 0.0506. The van der Waals surface area contributed by atoms with E-state index < -0.39 is 15.3 Å². The molecule has 1 unspecified atom stereocenters. The smallest absolute Gasteiger partial charge is 0.367 e. The van der Waals surface area contributed by atoms with Crippen molar-refractivity contribution in [2.24, 2.45) is 5.41 Å². The summed E-state index contributed by atoms with van der Waals surface area (Å²) in [5.41, 5.74) is -0.688. The number of carbonyl (C=O) groups is 2. The van der Waals surface area contributed by atoms with E-state index in [1.807, 2.05) is 6.92 Å². The maximum absolute atomic E-state index is 10.6. The van der Waals surface area contributed by atoms with Crippen molar-refractivity contribution in [3.05, 3.63) is 0 Å². The highest BCUT2D eigenvalue weighted by molar-refractivity contribution is 14.1. The Morgan fingerprint density at radius 3 is 2.27 bits per heavy atom. The Hall–Kier alpha value is -0.305. The Morgan fingerprint density at radius 1 is 1.40 bits per heavy atom. The fourth-order valence-corrected chi connectivity index (χ4v) is 1.07. The predicted molar refractivity (Wildman–Crippen MR) is 65.1 cm³/mol. The van der Waals surface area contributed by atoms with E-state index >= 15 is 0 Å². The van der Waals surface area contributed by atoms with Crippen LogP contribution in [0.4, 0.5) is 9.59 Å². The first-order chi connectivity index (χ1) is 6.95. The zero-order chi connectivity index (χ0) is 11.9. The van der Waals surface area contributed by atoms with Gasteiger partial charge in [0.05, 0.1) is 34.6 Å². The first-order valence-corrected chi connectivity index (χ1v) is 5.60. The highest BCUT2D eigenvalue weighted by atomic mass is 127. The Balaban J connectivity index is 4.29. The molecule has 0 aromatic heterocycles. The second kappa shape index (κ2) is 7.05. The molecule has 0 aromatic rings. The van der Waals surface area contributed by atoms with Crippen LogP contribution in [-0.2, 0) is 9.47 Å². The van der Waals surface area contributed by atoms with Gasteiger partial charge in [-0.05, 0) is 6.42 Å². The van der Waals surface area contributed by atoms with E-state index in [-0.39, 0.29) is 19.8 Å². The van der Waals surface area contributed by atoms with Crippen LogP contribution in [0.3, 0.4) is 0 Å². The molecule has 0 amide bonds. The minimum Gasteiger partial charge on any atom is -0.473 e. The maximum Gasteiger partial charge on any atom is 0.367 e. The van der Waals surface area contributed by atoms with Gasteiger partial charge in [-0.1, -0.05) is 6.92 Å². The molecule has 7 heteroatoms. The third-order valence-electron chi connectivity index (χ3n) is 2.16. The van der Waals surface area contributed by atoms with Gasteiger partial charge in [-0.15, -0.1) is 0 Å². The molecule has 0 saturated carbocycles. The Kier molecular flexibility index (Phi) is 6.91. The summed E-state index contributed by atoms with van der Waals surface area (Å²) in [6.07, 6.45) is 0.556. The van der Waals surface area contributed by atoms with Crippen LogP contribution in [0.2, 0.25) is 0 Å². The standard InChI is InChI=1S/C8H14BIO5/c1-2-8(3-11,4-14-6(9)12)5-15-7(10)13/h11H,2-5,9H2,1H3. The molecule has 0 heterocycles. The van der Waals surface area contributed by atoms with Gasteiger partial charge in [0, 0.05) is 0 Å². The Bertz CT molecular complexity index is 209. The van der Waals surface area contributed by atoms with Crippen LogP contribution >= 0.6 is 22.6 Å². The number of aliphatic hydroxyl groups excluding tert-OH is 1. The SMILES string of the molecule is BC(=O)OCC(CC)(CO)COC(=O)I. The number of hydrogen-bond acceptors (Lipinski definition) is 5. The lowest BCUT2D eigenvalue weighted by atomic mass is 9.88. The average molecular weight is 328 g/mol. The number of ether oxygens (including phenoxy) is 2. The largest absolute Gasteiger partial charge is 0.473 e. The second-order valence-electron chi connectivity index (χ2n) is 3.32. The highest BCUT2D eigenvalue weighted by Gasteiger charge is 2.30. The van der Waals surface area contributed by atoms with Crippen molar-refractivity contribution < 1.29 is 24.2 Å². The van der Waals surface area contributed by atoms with Gasteiger partial charge in [0.2, 0.25) is 13.7 Å². The monoisotopic (exact) mass is 328 g/mol. The number of rotatable bonds is 6. The molecule has 0 aliphatic rings. The lowest BCUT2D eigenvalue weighted by Crippen LogP contribution is -2.36. The molecule has 0 rings (SSSR count). The van der Waals surface area contributed by atoms with Crippen molar-refractivity contribution in [2.75, 3.05) is 19.8 Å². The van der Waals surface area contributed by atoms with Crippen molar-refractivity contribution in [3.8, 4) is 0 Å². The lowest BCUT2D eigenvalue weighted by Gasteiger charge is -2.28. The summed E-state index contributed by atoms with van der Waals surface area (Å²) >= 11 is 1.51. The molecule has 0 bridgehead atoms. The van der Waals surface area contributed by atoms with Crippen molar-refractivity contribution in [3.63, 3.8) is 0 Å². The summed E-state index contributed by atoms with van der Waals surface area (Å²) in [4.78, 5) is 21.3. The number of carbonyl (C=O) groups excluding carboxylic acids is 2. The molecular formula is C8H14BIO5. The van der Waals surface area contributed by atoms with Crippen LogP contribution in [-0.4, -0.2) is 42.6 Å².